The van der Waals surface area contributed by atoms with E-state index in [1.165, 1.54) is 6.08 Å². The van der Waals surface area contributed by atoms with Crippen molar-refractivity contribution in [3.63, 3.8) is 0 Å². The molecule has 1 heterocycles. The molecule has 1 fully saturated rings. The van der Waals surface area contributed by atoms with Crippen molar-refractivity contribution in [2.24, 2.45) is 0 Å². The van der Waals surface area contributed by atoms with Gasteiger partial charge in [0.15, 0.2) is 0 Å². The molecule has 0 saturated carbocycles. The zero-order valence-corrected chi connectivity index (χ0v) is 11.0. The van der Waals surface area contributed by atoms with Gasteiger partial charge in [-0.25, -0.2) is 0 Å². The number of nitrogens with zero attached hydrogens (tertiary/aromatic N) is 1. The second kappa shape index (κ2) is 6.18. The lowest BCUT2D eigenvalue weighted by Gasteiger charge is -2.33. The molecule has 2 rings (SSSR count). The van der Waals surface area contributed by atoms with Gasteiger partial charge in [0.05, 0.1) is 0 Å². The van der Waals surface area contributed by atoms with Crippen molar-refractivity contribution in [2.75, 3.05) is 13.1 Å². The Balaban J connectivity index is 1.83. The summed E-state index contributed by atoms with van der Waals surface area (Å²) in [4.78, 5) is 25.3. The zero-order valence-electron chi connectivity index (χ0n) is 11.0. The molecule has 0 aromatic heterocycles. The molecule has 1 unspecified atom stereocenters. The molecule has 4 nitrogen and oxygen atoms in total. The molecular formula is C15H18N2O2. The highest BCUT2D eigenvalue weighted by Crippen LogP contribution is 2.07. The van der Waals surface area contributed by atoms with Gasteiger partial charge < -0.3 is 10.2 Å². The van der Waals surface area contributed by atoms with Gasteiger partial charge >= 0.3 is 0 Å². The highest BCUT2D eigenvalue weighted by Gasteiger charge is 2.25. The van der Waals surface area contributed by atoms with Crippen LogP contribution < -0.4 is 5.32 Å². The third-order valence-electron chi connectivity index (χ3n) is 3.12. The fourth-order valence-corrected chi connectivity index (χ4v) is 1.87. The van der Waals surface area contributed by atoms with Crippen molar-refractivity contribution in [1.82, 2.24) is 10.2 Å². The van der Waals surface area contributed by atoms with E-state index in [0.717, 1.165) is 25.1 Å². The Bertz CT molecular complexity index is 478. The van der Waals surface area contributed by atoms with Crippen molar-refractivity contribution < 1.29 is 9.59 Å². The normalized spacial score (nSPS) is 15.9. The second-order valence-corrected chi connectivity index (χ2v) is 4.65. The van der Waals surface area contributed by atoms with Crippen LogP contribution in [0.3, 0.4) is 0 Å². The highest BCUT2D eigenvalue weighted by atomic mass is 16.2. The minimum Gasteiger partial charge on any atom is -0.341 e. The molecule has 100 valence electrons. The number of likely N-dealkylation sites (tertiary alicyclic amines) is 1. The number of nitrogens with one attached hydrogen (secondary N) is 1. The molecule has 0 radical (unpaired) electrons. The lowest BCUT2D eigenvalue weighted by Crippen LogP contribution is -2.51. The van der Waals surface area contributed by atoms with Gasteiger partial charge in [-0.15, -0.1) is 0 Å². The summed E-state index contributed by atoms with van der Waals surface area (Å²) in [6.07, 6.45) is 4.24. The predicted molar refractivity (Wildman–Crippen MR) is 74.3 cm³/mol. The first-order valence-corrected chi connectivity index (χ1v) is 6.49. The minimum atomic E-state index is -0.465. The van der Waals surface area contributed by atoms with Gasteiger partial charge in [0.2, 0.25) is 11.8 Å². The monoisotopic (exact) mass is 258 g/mol. The minimum absolute atomic E-state index is 0.00675. The number of benzene rings is 1. The number of hydrogen-bond acceptors (Lipinski definition) is 2. The van der Waals surface area contributed by atoms with E-state index in [4.69, 9.17) is 0 Å². The van der Waals surface area contributed by atoms with Crippen LogP contribution in [0.2, 0.25) is 0 Å². The van der Waals surface area contributed by atoms with Crippen LogP contribution in [-0.4, -0.2) is 35.8 Å². The average Bonchev–Trinajstić information content (AvgIpc) is 2.35. The number of carbonyl (C=O) groups is 2. The number of amides is 2. The van der Waals surface area contributed by atoms with E-state index in [0.29, 0.717) is 0 Å². The Morgan fingerprint density at radius 2 is 1.95 bits per heavy atom. The summed E-state index contributed by atoms with van der Waals surface area (Å²) in [5.41, 5.74) is 0.958. The van der Waals surface area contributed by atoms with Gasteiger partial charge in [-0.05, 0) is 25.0 Å². The van der Waals surface area contributed by atoms with Crippen molar-refractivity contribution in [1.29, 1.82) is 0 Å². The molecule has 0 aliphatic carbocycles. The molecule has 1 atom stereocenters. The van der Waals surface area contributed by atoms with Crippen LogP contribution >= 0.6 is 0 Å². The fraction of sp³-hybridized carbons (Fsp3) is 0.333. The lowest BCUT2D eigenvalue weighted by molar-refractivity contribution is -0.138. The van der Waals surface area contributed by atoms with Crippen molar-refractivity contribution in [2.45, 2.75) is 19.4 Å². The number of carbonyl (C=O) groups excluding carboxylic acids is 2. The first-order chi connectivity index (χ1) is 9.16. The molecular weight excluding hydrogens is 240 g/mol. The molecule has 2 amide bonds. The van der Waals surface area contributed by atoms with E-state index >= 15 is 0 Å². The van der Waals surface area contributed by atoms with E-state index in [1.54, 1.807) is 17.9 Å². The zero-order chi connectivity index (χ0) is 13.7. The Hall–Kier alpha value is -2.10. The fourth-order valence-electron chi connectivity index (χ4n) is 1.87. The molecule has 1 saturated heterocycles. The molecule has 1 aliphatic rings. The van der Waals surface area contributed by atoms with Crippen LogP contribution in [0.1, 0.15) is 18.9 Å². The summed E-state index contributed by atoms with van der Waals surface area (Å²) in [5, 5.41) is 2.68. The summed E-state index contributed by atoms with van der Waals surface area (Å²) in [6, 6.07) is 9.11. The van der Waals surface area contributed by atoms with Crippen LogP contribution in [0.15, 0.2) is 36.4 Å². The first kappa shape index (κ1) is 13.3. The van der Waals surface area contributed by atoms with Crippen molar-refractivity contribution in [3.8, 4) is 0 Å². The highest BCUT2D eigenvalue weighted by molar-refractivity contribution is 5.95. The Labute approximate surface area is 113 Å². The largest absolute Gasteiger partial charge is 0.341 e. The van der Waals surface area contributed by atoms with Gasteiger partial charge in [-0.1, -0.05) is 30.3 Å². The van der Waals surface area contributed by atoms with Gasteiger partial charge in [-0.2, -0.15) is 0 Å². The van der Waals surface area contributed by atoms with Crippen LogP contribution in [0.5, 0.6) is 0 Å². The van der Waals surface area contributed by atoms with Crippen LogP contribution in [0, 0.1) is 0 Å². The Kier molecular flexibility index (Phi) is 4.34. The maximum Gasteiger partial charge on any atom is 0.244 e. The molecule has 19 heavy (non-hydrogen) atoms. The van der Waals surface area contributed by atoms with E-state index in [2.05, 4.69) is 5.32 Å². The first-order valence-electron chi connectivity index (χ1n) is 6.49. The molecule has 0 bridgehead atoms. The number of rotatable bonds is 4. The summed E-state index contributed by atoms with van der Waals surface area (Å²) >= 11 is 0. The van der Waals surface area contributed by atoms with Crippen molar-refractivity contribution in [3.05, 3.63) is 42.0 Å². The van der Waals surface area contributed by atoms with Crippen LogP contribution in [0.25, 0.3) is 6.08 Å². The average molecular weight is 258 g/mol. The summed E-state index contributed by atoms with van der Waals surface area (Å²) in [5.74, 6) is -0.252. The van der Waals surface area contributed by atoms with Gasteiger partial charge in [0.25, 0.3) is 0 Å². The molecule has 1 N–H and O–H groups in total. The van der Waals surface area contributed by atoms with Gasteiger partial charge in [0, 0.05) is 19.2 Å². The van der Waals surface area contributed by atoms with Gasteiger partial charge in [0.1, 0.15) is 6.04 Å². The third kappa shape index (κ3) is 3.68. The quantitative estimate of drug-likeness (QED) is 0.831. The van der Waals surface area contributed by atoms with Crippen LogP contribution in [-0.2, 0) is 9.59 Å². The molecule has 4 heteroatoms. The van der Waals surface area contributed by atoms with E-state index in [-0.39, 0.29) is 11.8 Å². The van der Waals surface area contributed by atoms with Gasteiger partial charge in [-0.3, -0.25) is 9.59 Å². The summed E-state index contributed by atoms with van der Waals surface area (Å²) < 4.78 is 0. The lowest BCUT2D eigenvalue weighted by atomic mass is 10.1. The maximum absolute atomic E-state index is 11.8. The van der Waals surface area contributed by atoms with Crippen LogP contribution in [0.4, 0.5) is 0 Å². The standard InChI is InChI=1S/C15H18N2O2/c1-12(15(19)17-10-5-11-17)16-14(18)9-8-13-6-3-2-4-7-13/h2-4,6-9,12H,5,10-11H2,1H3,(H,16,18)/b9-8+. The SMILES string of the molecule is CC(NC(=O)/C=C/c1ccccc1)C(=O)N1CCC1. The predicted octanol–water partition coefficient (Wildman–Crippen LogP) is 1.44. The Morgan fingerprint density at radius 3 is 2.53 bits per heavy atom. The molecule has 1 aliphatic heterocycles. The maximum atomic E-state index is 11.8. The smallest absolute Gasteiger partial charge is 0.244 e. The molecule has 0 spiro atoms. The molecule has 1 aromatic rings. The Morgan fingerprint density at radius 1 is 1.26 bits per heavy atom. The summed E-state index contributed by atoms with van der Waals surface area (Å²) in [7, 11) is 0. The van der Waals surface area contributed by atoms with E-state index in [1.807, 2.05) is 30.3 Å². The number of hydrogen-bond donors (Lipinski definition) is 1. The topological polar surface area (TPSA) is 49.4 Å². The van der Waals surface area contributed by atoms with Crippen molar-refractivity contribution >= 4 is 17.9 Å². The third-order valence-corrected chi connectivity index (χ3v) is 3.12. The molecule has 1 aromatic carbocycles. The summed E-state index contributed by atoms with van der Waals surface area (Å²) in [6.45, 7) is 3.33. The van der Waals surface area contributed by atoms with E-state index in [9.17, 15) is 9.59 Å². The van der Waals surface area contributed by atoms with E-state index < -0.39 is 6.04 Å². The second-order valence-electron chi connectivity index (χ2n) is 4.65.